The van der Waals surface area contributed by atoms with Gasteiger partial charge in [-0.15, -0.1) is 0 Å². The Morgan fingerprint density at radius 1 is 1.39 bits per heavy atom. The van der Waals surface area contributed by atoms with Crippen LogP contribution in [0.2, 0.25) is 0 Å². The van der Waals surface area contributed by atoms with E-state index in [1.807, 2.05) is 32.8 Å². The van der Waals surface area contributed by atoms with Crippen LogP contribution in [-0.4, -0.2) is 55.5 Å². The third kappa shape index (κ3) is 3.54. The van der Waals surface area contributed by atoms with Crippen LogP contribution in [-0.2, 0) is 4.74 Å². The highest BCUT2D eigenvalue weighted by Crippen LogP contribution is 2.22. The fraction of sp³-hybridized carbons (Fsp3) is 0.667. The molecule has 1 aromatic heterocycles. The second-order valence-corrected chi connectivity index (χ2v) is 4.31. The van der Waals surface area contributed by atoms with E-state index in [0.717, 1.165) is 17.2 Å². The molecule has 1 heterocycles. The van der Waals surface area contributed by atoms with Crippen LogP contribution in [0.25, 0.3) is 0 Å². The van der Waals surface area contributed by atoms with E-state index in [2.05, 4.69) is 15.3 Å². The number of methoxy groups -OCH3 is 1. The first-order valence-electron chi connectivity index (χ1n) is 5.90. The van der Waals surface area contributed by atoms with Gasteiger partial charge in [0.05, 0.1) is 12.7 Å². The number of aromatic nitrogens is 2. The van der Waals surface area contributed by atoms with Gasteiger partial charge in [0.1, 0.15) is 17.5 Å². The van der Waals surface area contributed by atoms with Crippen molar-refractivity contribution in [2.24, 2.45) is 0 Å². The molecule has 0 aliphatic rings. The lowest BCUT2D eigenvalue weighted by Gasteiger charge is -2.24. The van der Waals surface area contributed by atoms with Crippen LogP contribution in [0.3, 0.4) is 0 Å². The summed E-state index contributed by atoms with van der Waals surface area (Å²) in [5, 5.41) is 12.8. The van der Waals surface area contributed by atoms with Crippen molar-refractivity contribution >= 4 is 11.6 Å². The van der Waals surface area contributed by atoms with Crippen molar-refractivity contribution in [3.8, 4) is 0 Å². The number of aryl methyl sites for hydroxylation is 1. The number of nitrogens with one attached hydrogen (secondary N) is 1. The summed E-state index contributed by atoms with van der Waals surface area (Å²) in [6.07, 6.45) is -0.535. The minimum atomic E-state index is -0.535. The fourth-order valence-corrected chi connectivity index (χ4v) is 1.88. The summed E-state index contributed by atoms with van der Waals surface area (Å²) in [6.45, 7) is 4.59. The maximum Gasteiger partial charge on any atom is 0.137 e. The van der Waals surface area contributed by atoms with Crippen molar-refractivity contribution in [2.75, 3.05) is 44.6 Å². The zero-order chi connectivity index (χ0) is 13.7. The summed E-state index contributed by atoms with van der Waals surface area (Å²) < 4.78 is 4.92. The van der Waals surface area contributed by atoms with Gasteiger partial charge in [-0.1, -0.05) is 0 Å². The van der Waals surface area contributed by atoms with Gasteiger partial charge in [-0.3, -0.25) is 0 Å². The number of nitrogens with zero attached hydrogens (tertiary/aromatic N) is 3. The summed E-state index contributed by atoms with van der Waals surface area (Å²) in [7, 11) is 5.30. The molecule has 18 heavy (non-hydrogen) atoms. The number of hydrogen-bond donors (Lipinski definition) is 2. The van der Waals surface area contributed by atoms with Crippen molar-refractivity contribution in [1.29, 1.82) is 0 Å². The predicted molar refractivity (Wildman–Crippen MR) is 72.2 cm³/mol. The highest BCUT2D eigenvalue weighted by atomic mass is 16.5. The molecular formula is C12H22N4O2. The summed E-state index contributed by atoms with van der Waals surface area (Å²) in [6, 6.07) is 0. The Labute approximate surface area is 108 Å². The summed E-state index contributed by atoms with van der Waals surface area (Å²) in [4.78, 5) is 10.6. The van der Waals surface area contributed by atoms with Crippen molar-refractivity contribution in [1.82, 2.24) is 9.97 Å². The zero-order valence-electron chi connectivity index (χ0n) is 11.7. The van der Waals surface area contributed by atoms with E-state index in [0.29, 0.717) is 19.0 Å². The highest BCUT2D eigenvalue weighted by molar-refractivity contribution is 5.58. The predicted octanol–water partition coefficient (Wildman–Crippen LogP) is 0.579. The summed E-state index contributed by atoms with van der Waals surface area (Å²) in [5.74, 6) is 2.33. The van der Waals surface area contributed by atoms with Gasteiger partial charge in [-0.05, 0) is 13.8 Å². The Balaban J connectivity index is 2.91. The van der Waals surface area contributed by atoms with Crippen LogP contribution >= 0.6 is 0 Å². The van der Waals surface area contributed by atoms with E-state index in [9.17, 15) is 5.11 Å². The lowest BCUT2D eigenvalue weighted by atomic mass is 10.2. The highest BCUT2D eigenvalue weighted by Gasteiger charge is 2.15. The molecule has 6 heteroatoms. The van der Waals surface area contributed by atoms with Gasteiger partial charge in [0, 0.05) is 33.3 Å². The number of ether oxygens (including phenoxy) is 1. The molecule has 0 bridgehead atoms. The van der Waals surface area contributed by atoms with Gasteiger partial charge in [0.25, 0.3) is 0 Å². The first kappa shape index (κ1) is 14.7. The molecule has 1 atom stereocenters. The molecule has 0 amide bonds. The van der Waals surface area contributed by atoms with E-state index < -0.39 is 6.10 Å². The van der Waals surface area contributed by atoms with E-state index >= 15 is 0 Å². The van der Waals surface area contributed by atoms with Crippen molar-refractivity contribution in [3.63, 3.8) is 0 Å². The Bertz CT molecular complexity index is 398. The maximum absolute atomic E-state index is 9.74. The Morgan fingerprint density at radius 3 is 2.61 bits per heavy atom. The molecule has 1 aromatic rings. The number of hydrogen-bond acceptors (Lipinski definition) is 6. The molecular weight excluding hydrogens is 232 g/mol. The fourth-order valence-electron chi connectivity index (χ4n) is 1.88. The van der Waals surface area contributed by atoms with Gasteiger partial charge in [0.2, 0.25) is 0 Å². The molecule has 6 nitrogen and oxygen atoms in total. The molecule has 1 rings (SSSR count). The van der Waals surface area contributed by atoms with E-state index in [1.54, 1.807) is 7.11 Å². The molecule has 0 saturated heterocycles. The molecule has 0 radical (unpaired) electrons. The largest absolute Gasteiger partial charge is 0.389 e. The number of anilines is 2. The van der Waals surface area contributed by atoms with Crippen molar-refractivity contribution in [3.05, 3.63) is 11.4 Å². The van der Waals surface area contributed by atoms with Crippen LogP contribution in [0.5, 0.6) is 0 Å². The van der Waals surface area contributed by atoms with Crippen LogP contribution in [0.15, 0.2) is 0 Å². The lowest BCUT2D eigenvalue weighted by molar-refractivity contribution is 0.0694. The van der Waals surface area contributed by atoms with E-state index in [4.69, 9.17) is 4.74 Å². The average Bonchev–Trinajstić information content (AvgIpc) is 2.31. The maximum atomic E-state index is 9.74. The first-order chi connectivity index (χ1) is 8.49. The molecule has 0 fully saturated rings. The van der Waals surface area contributed by atoms with Gasteiger partial charge in [-0.2, -0.15) is 0 Å². The topological polar surface area (TPSA) is 70.5 Å². The van der Waals surface area contributed by atoms with Gasteiger partial charge in [-0.25, -0.2) is 9.97 Å². The number of likely N-dealkylation sites (N-methyl/N-ethyl adjacent to an activating group) is 1. The third-order valence-electron chi connectivity index (χ3n) is 2.67. The second kappa shape index (κ2) is 6.51. The molecule has 0 saturated carbocycles. The molecule has 102 valence electrons. The Kier molecular flexibility index (Phi) is 5.30. The number of aliphatic hydroxyl groups excluding tert-OH is 1. The zero-order valence-corrected chi connectivity index (χ0v) is 11.7. The van der Waals surface area contributed by atoms with Gasteiger partial charge in [0.15, 0.2) is 0 Å². The van der Waals surface area contributed by atoms with Gasteiger partial charge < -0.3 is 20.1 Å². The molecule has 2 N–H and O–H groups in total. The van der Waals surface area contributed by atoms with Crippen LogP contribution in [0.1, 0.15) is 11.4 Å². The average molecular weight is 254 g/mol. The quantitative estimate of drug-likeness (QED) is 0.774. The monoisotopic (exact) mass is 254 g/mol. The molecule has 0 spiro atoms. The minimum absolute atomic E-state index is 0.312. The van der Waals surface area contributed by atoms with Crippen LogP contribution in [0.4, 0.5) is 11.6 Å². The Hall–Kier alpha value is -1.40. The molecule has 0 aromatic carbocycles. The molecule has 0 aliphatic carbocycles. The SMILES string of the molecule is CNc1nc(C)nc(N(C)CC(O)COC)c1C. The van der Waals surface area contributed by atoms with Gasteiger partial charge >= 0.3 is 0 Å². The Morgan fingerprint density at radius 2 is 2.06 bits per heavy atom. The normalized spacial score (nSPS) is 12.3. The standard InChI is InChI=1S/C12H22N4O2/c1-8-11(13-3)14-9(2)15-12(8)16(4)6-10(17)7-18-5/h10,17H,6-7H2,1-5H3,(H,13,14,15). The third-order valence-corrected chi connectivity index (χ3v) is 2.67. The second-order valence-electron chi connectivity index (χ2n) is 4.31. The molecule has 1 unspecified atom stereocenters. The van der Waals surface area contributed by atoms with Crippen LogP contribution in [0, 0.1) is 13.8 Å². The van der Waals surface area contributed by atoms with Crippen molar-refractivity contribution in [2.45, 2.75) is 20.0 Å². The van der Waals surface area contributed by atoms with Crippen molar-refractivity contribution < 1.29 is 9.84 Å². The smallest absolute Gasteiger partial charge is 0.137 e. The van der Waals surface area contributed by atoms with E-state index in [1.165, 1.54) is 0 Å². The summed E-state index contributed by atoms with van der Waals surface area (Å²) >= 11 is 0. The number of aliphatic hydroxyl groups is 1. The van der Waals surface area contributed by atoms with E-state index in [-0.39, 0.29) is 0 Å². The number of rotatable bonds is 6. The molecule has 0 aliphatic heterocycles. The lowest BCUT2D eigenvalue weighted by Crippen LogP contribution is -2.33. The minimum Gasteiger partial charge on any atom is -0.389 e. The van der Waals surface area contributed by atoms with Crippen LogP contribution < -0.4 is 10.2 Å². The first-order valence-corrected chi connectivity index (χ1v) is 5.90. The summed E-state index contributed by atoms with van der Waals surface area (Å²) in [5.41, 5.74) is 0.968.